The van der Waals surface area contributed by atoms with Gasteiger partial charge in [0.15, 0.2) is 0 Å². The lowest BCUT2D eigenvalue weighted by Crippen LogP contribution is -2.18. The number of alkyl halides is 3. The van der Waals surface area contributed by atoms with Gasteiger partial charge in [0.2, 0.25) is 0 Å². The van der Waals surface area contributed by atoms with Crippen molar-refractivity contribution in [1.29, 1.82) is 15.8 Å². The van der Waals surface area contributed by atoms with Gasteiger partial charge in [-0.3, -0.25) is 0 Å². The molecule has 11 heteroatoms. The Labute approximate surface area is 193 Å². The fourth-order valence-corrected chi connectivity index (χ4v) is 3.97. The Morgan fingerprint density at radius 1 is 1.24 bits per heavy atom. The Balaban J connectivity index is 2.08. The van der Waals surface area contributed by atoms with Gasteiger partial charge in [-0.2, -0.15) is 34.1 Å². The van der Waals surface area contributed by atoms with E-state index >= 15 is 0 Å². The highest BCUT2D eigenvalue weighted by Gasteiger charge is 2.35. The van der Waals surface area contributed by atoms with Crippen LogP contribution in [0.3, 0.4) is 0 Å². The van der Waals surface area contributed by atoms with Crippen LogP contribution < -0.4 is 5.73 Å². The number of hydrogen-bond acceptors (Lipinski definition) is 6. The average molecular weight is 475 g/mol. The minimum Gasteiger partial charge on any atom is -0.397 e. The van der Waals surface area contributed by atoms with Gasteiger partial charge < -0.3 is 10.5 Å². The molecule has 0 radical (unpaired) electrons. The van der Waals surface area contributed by atoms with E-state index in [4.69, 9.17) is 22.1 Å². The smallest absolute Gasteiger partial charge is 0.397 e. The summed E-state index contributed by atoms with van der Waals surface area (Å²) in [5, 5.41) is 32.5. The Morgan fingerprint density at radius 2 is 1.97 bits per heavy atom. The molecule has 1 aromatic heterocycles. The first-order chi connectivity index (χ1) is 15.7. The van der Waals surface area contributed by atoms with Crippen molar-refractivity contribution in [2.24, 2.45) is 11.7 Å². The van der Waals surface area contributed by atoms with E-state index in [0.717, 1.165) is 37.5 Å². The van der Waals surface area contributed by atoms with Crippen LogP contribution in [0.1, 0.15) is 48.1 Å². The number of nitrogens with two attached hydrogens (primary N) is 1. The third-order valence-corrected chi connectivity index (χ3v) is 5.67. The molecular weight excluding hydrogens is 457 g/mol. The SMILES string of the molecule is N#C/C(=C(/N)c1cnn(C2CCCCO2)c1)C(c1ccc(C(F)(F)F)c(Cl)c1)C(C#N)C#N. The number of nitrogens with zero attached hydrogens (tertiary/aromatic N) is 5. The molecule has 0 spiro atoms. The zero-order valence-electron chi connectivity index (χ0n) is 17.2. The van der Waals surface area contributed by atoms with Crippen LogP contribution in [0.25, 0.3) is 5.70 Å². The highest BCUT2D eigenvalue weighted by atomic mass is 35.5. The molecule has 0 aliphatic carbocycles. The monoisotopic (exact) mass is 474 g/mol. The van der Waals surface area contributed by atoms with E-state index in [0.29, 0.717) is 12.2 Å². The fraction of sp³-hybridized carbons (Fsp3) is 0.364. The molecule has 170 valence electrons. The number of allylic oxidation sites excluding steroid dienone is 1. The van der Waals surface area contributed by atoms with E-state index in [1.807, 2.05) is 6.07 Å². The lowest BCUT2D eigenvalue weighted by Gasteiger charge is -2.22. The van der Waals surface area contributed by atoms with E-state index in [9.17, 15) is 29.0 Å². The molecule has 2 unspecified atom stereocenters. The highest BCUT2D eigenvalue weighted by Crippen LogP contribution is 2.40. The van der Waals surface area contributed by atoms with Crippen molar-refractivity contribution in [3.05, 3.63) is 57.9 Å². The van der Waals surface area contributed by atoms with Gasteiger partial charge in [0, 0.05) is 18.4 Å². The van der Waals surface area contributed by atoms with Crippen molar-refractivity contribution < 1.29 is 17.9 Å². The normalized spacial score (nSPS) is 18.1. The van der Waals surface area contributed by atoms with Crippen molar-refractivity contribution in [3.8, 4) is 18.2 Å². The number of halogens is 4. The van der Waals surface area contributed by atoms with Crippen LogP contribution in [-0.4, -0.2) is 16.4 Å². The molecule has 1 fully saturated rings. The molecule has 0 amide bonds. The van der Waals surface area contributed by atoms with E-state index in [-0.39, 0.29) is 23.1 Å². The summed E-state index contributed by atoms with van der Waals surface area (Å²) in [6, 6.07) is 8.33. The van der Waals surface area contributed by atoms with Crippen LogP contribution in [0.2, 0.25) is 5.02 Å². The number of benzene rings is 1. The molecule has 3 rings (SSSR count). The standard InChI is InChI=1S/C22H18ClF3N6O/c23-18-7-13(4-5-17(18)22(24,25)26)20(14(8-27)9-28)16(10-29)21(30)15-11-31-32(12-15)19-3-1-2-6-33-19/h4-5,7,11-12,14,19-20H,1-3,6,30H2/b21-16-. The summed E-state index contributed by atoms with van der Waals surface area (Å²) >= 11 is 5.84. The highest BCUT2D eigenvalue weighted by molar-refractivity contribution is 6.31. The maximum absolute atomic E-state index is 13.1. The molecule has 2 atom stereocenters. The van der Waals surface area contributed by atoms with Gasteiger partial charge in [-0.1, -0.05) is 17.7 Å². The average Bonchev–Trinajstić information content (AvgIpc) is 3.29. The van der Waals surface area contributed by atoms with Gasteiger partial charge in [0.05, 0.1) is 52.2 Å². The van der Waals surface area contributed by atoms with Gasteiger partial charge in [-0.05, 0) is 37.0 Å². The van der Waals surface area contributed by atoms with Crippen molar-refractivity contribution >= 4 is 17.3 Å². The molecule has 1 aromatic carbocycles. The first-order valence-corrected chi connectivity index (χ1v) is 10.3. The maximum atomic E-state index is 13.1. The number of ether oxygens (including phenoxy) is 1. The second-order valence-electron chi connectivity index (χ2n) is 7.42. The van der Waals surface area contributed by atoms with Crippen LogP contribution in [0, 0.1) is 39.9 Å². The first kappa shape index (κ1) is 24.1. The number of aromatic nitrogens is 2. The molecule has 0 saturated carbocycles. The van der Waals surface area contributed by atoms with Crippen LogP contribution in [-0.2, 0) is 10.9 Å². The van der Waals surface area contributed by atoms with E-state index in [1.165, 1.54) is 6.20 Å². The van der Waals surface area contributed by atoms with Crippen LogP contribution >= 0.6 is 11.6 Å². The fourth-order valence-electron chi connectivity index (χ4n) is 3.68. The van der Waals surface area contributed by atoms with Crippen LogP contribution in [0.15, 0.2) is 36.2 Å². The Hall–Kier alpha value is -3.52. The molecule has 0 bridgehead atoms. The van der Waals surface area contributed by atoms with Gasteiger partial charge in [0.1, 0.15) is 12.1 Å². The maximum Gasteiger partial charge on any atom is 0.417 e. The van der Waals surface area contributed by atoms with E-state index < -0.39 is 28.6 Å². The summed E-state index contributed by atoms with van der Waals surface area (Å²) in [5.74, 6) is -2.62. The molecule has 2 aromatic rings. The number of hydrogen-bond donors (Lipinski definition) is 1. The van der Waals surface area contributed by atoms with Crippen molar-refractivity contribution in [3.63, 3.8) is 0 Å². The lowest BCUT2D eigenvalue weighted by molar-refractivity contribution is -0.137. The molecule has 2 N–H and O–H groups in total. The Kier molecular flexibility index (Phi) is 7.28. The topological polar surface area (TPSA) is 124 Å². The third kappa shape index (κ3) is 5.12. The Morgan fingerprint density at radius 3 is 2.52 bits per heavy atom. The summed E-state index contributed by atoms with van der Waals surface area (Å²) < 4.78 is 46.6. The zero-order chi connectivity index (χ0) is 24.2. The molecule has 1 aliphatic rings. The van der Waals surface area contributed by atoms with Crippen LogP contribution in [0.4, 0.5) is 13.2 Å². The predicted octanol–water partition coefficient (Wildman–Crippen LogP) is 4.89. The van der Waals surface area contributed by atoms with Gasteiger partial charge >= 0.3 is 6.18 Å². The summed E-state index contributed by atoms with van der Waals surface area (Å²) in [6.07, 6.45) is 0.735. The second kappa shape index (κ2) is 9.95. The molecule has 1 saturated heterocycles. The van der Waals surface area contributed by atoms with E-state index in [1.54, 1.807) is 23.0 Å². The summed E-state index contributed by atoms with van der Waals surface area (Å²) in [4.78, 5) is 0. The zero-order valence-corrected chi connectivity index (χ0v) is 17.9. The summed E-state index contributed by atoms with van der Waals surface area (Å²) in [6.45, 7) is 0.595. The predicted molar refractivity (Wildman–Crippen MR) is 112 cm³/mol. The Bertz CT molecular complexity index is 1160. The first-order valence-electron chi connectivity index (χ1n) is 9.93. The van der Waals surface area contributed by atoms with Crippen LogP contribution in [0.5, 0.6) is 0 Å². The largest absolute Gasteiger partial charge is 0.417 e. The number of rotatable bonds is 5. The van der Waals surface area contributed by atoms with Gasteiger partial charge in [-0.25, -0.2) is 4.68 Å². The molecule has 2 heterocycles. The quantitative estimate of drug-likeness (QED) is 0.615. The van der Waals surface area contributed by atoms with Crippen molar-refractivity contribution in [2.75, 3.05) is 6.61 Å². The number of nitriles is 3. The molecule has 1 aliphatic heterocycles. The van der Waals surface area contributed by atoms with Gasteiger partial charge in [0.25, 0.3) is 0 Å². The van der Waals surface area contributed by atoms with E-state index in [2.05, 4.69) is 5.10 Å². The second-order valence-corrected chi connectivity index (χ2v) is 7.83. The van der Waals surface area contributed by atoms with Gasteiger partial charge in [-0.15, -0.1) is 0 Å². The summed E-state index contributed by atoms with van der Waals surface area (Å²) in [7, 11) is 0. The van der Waals surface area contributed by atoms with Crippen molar-refractivity contribution in [2.45, 2.75) is 37.6 Å². The molecular formula is C22H18ClF3N6O. The molecule has 33 heavy (non-hydrogen) atoms. The lowest BCUT2D eigenvalue weighted by atomic mass is 9.80. The minimum absolute atomic E-state index is 0.0453. The third-order valence-electron chi connectivity index (χ3n) is 5.35. The summed E-state index contributed by atoms with van der Waals surface area (Å²) in [5.41, 5.74) is 5.43. The van der Waals surface area contributed by atoms with Crippen molar-refractivity contribution in [1.82, 2.24) is 9.78 Å². The minimum atomic E-state index is -4.68. The molecule has 7 nitrogen and oxygen atoms in total.